The molecule has 0 radical (unpaired) electrons. The number of carbonyl (C=O) groups excluding carboxylic acids is 3. The summed E-state index contributed by atoms with van der Waals surface area (Å²) in [5.74, 6) is -4.55. The van der Waals surface area contributed by atoms with E-state index in [4.69, 9.17) is 0 Å². The molecule has 1 aromatic rings. The fraction of sp³-hybridized carbons (Fsp3) is 0.500. The fourth-order valence-electron chi connectivity index (χ4n) is 3.02. The van der Waals surface area contributed by atoms with Crippen LogP contribution in [0.25, 0.3) is 0 Å². The van der Waals surface area contributed by atoms with Crippen molar-refractivity contribution < 1.29 is 47.1 Å². The van der Waals surface area contributed by atoms with Gasteiger partial charge in [-0.2, -0.15) is 0 Å². The van der Waals surface area contributed by atoms with E-state index in [0.717, 1.165) is 6.07 Å². The molecule has 1 aliphatic rings. The average Bonchev–Trinajstić information content (AvgIpc) is 2.89. The Kier molecular flexibility index (Phi) is 8.44. The summed E-state index contributed by atoms with van der Waals surface area (Å²) < 4.78 is 27.2. The second kappa shape index (κ2) is 9.86. The number of rotatable bonds is 7. The predicted molar refractivity (Wildman–Crippen MR) is 86.3 cm³/mol. The molecule has 0 bridgehead atoms. The van der Waals surface area contributed by atoms with Crippen molar-refractivity contribution in [2.45, 2.75) is 51.7 Å². The molecule has 2 rings (SSSR count). The third-order valence-electron chi connectivity index (χ3n) is 4.48. The zero-order chi connectivity index (χ0) is 19.4. The molecule has 1 saturated heterocycles. The summed E-state index contributed by atoms with van der Waals surface area (Å²) in [6.07, 6.45) is 0.475. The largest absolute Gasteiger partial charge is 1.00 e. The summed E-state index contributed by atoms with van der Waals surface area (Å²) in [5.41, 5.74) is 0.0282. The van der Waals surface area contributed by atoms with Gasteiger partial charge in [0.15, 0.2) is 11.6 Å². The molecule has 142 valence electrons. The molecule has 1 fully saturated rings. The molecule has 0 aromatic heterocycles. The second-order valence-corrected chi connectivity index (χ2v) is 6.74. The number of carboxylic acid groups (broad SMARTS) is 1. The van der Waals surface area contributed by atoms with E-state index in [-0.39, 0.29) is 55.6 Å². The predicted octanol–water partition coefficient (Wildman–Crippen LogP) is -2.26. The first kappa shape index (κ1) is 23.1. The molecule has 1 N–H and O–H groups in total. The van der Waals surface area contributed by atoms with E-state index < -0.39 is 35.6 Å². The number of carbonyl (C=O) groups is 3. The molecule has 0 aliphatic carbocycles. The summed E-state index contributed by atoms with van der Waals surface area (Å²) in [6.45, 7) is 3.13. The molecule has 27 heavy (non-hydrogen) atoms. The Morgan fingerprint density at radius 2 is 2.00 bits per heavy atom. The maximum Gasteiger partial charge on any atom is 1.00 e. The van der Waals surface area contributed by atoms with Crippen LogP contribution in [-0.2, 0) is 20.9 Å². The number of halogens is 2. The number of carboxylic acids is 1. The van der Waals surface area contributed by atoms with Crippen molar-refractivity contribution in [3.05, 3.63) is 35.4 Å². The van der Waals surface area contributed by atoms with E-state index in [9.17, 15) is 28.3 Å². The number of likely N-dealkylation sites (tertiary alicyclic amines) is 1. The average molecular weight is 374 g/mol. The van der Waals surface area contributed by atoms with Gasteiger partial charge in [0.1, 0.15) is 0 Å². The fourth-order valence-corrected chi connectivity index (χ4v) is 3.02. The van der Waals surface area contributed by atoms with Crippen LogP contribution in [-0.4, -0.2) is 34.8 Å². The molecule has 1 heterocycles. The van der Waals surface area contributed by atoms with Crippen molar-refractivity contribution in [1.29, 1.82) is 0 Å². The van der Waals surface area contributed by atoms with Crippen molar-refractivity contribution in [2.24, 2.45) is 5.92 Å². The van der Waals surface area contributed by atoms with Crippen LogP contribution in [0.2, 0.25) is 0 Å². The molecular weight excluding hydrogens is 353 g/mol. The van der Waals surface area contributed by atoms with Gasteiger partial charge in [-0.05, 0) is 18.4 Å². The van der Waals surface area contributed by atoms with E-state index >= 15 is 0 Å². The quantitative estimate of drug-likeness (QED) is 0.546. The van der Waals surface area contributed by atoms with Gasteiger partial charge >= 0.3 is 18.9 Å². The van der Waals surface area contributed by atoms with Gasteiger partial charge in [0.05, 0.1) is 12.0 Å². The summed E-state index contributed by atoms with van der Waals surface area (Å²) in [6, 6.07) is 2.09. The molecule has 9 heteroatoms. The van der Waals surface area contributed by atoms with Crippen LogP contribution < -0.4 is 29.3 Å². The first-order valence-corrected chi connectivity index (χ1v) is 8.43. The number of hydrogen-bond donors (Lipinski definition) is 1. The van der Waals surface area contributed by atoms with Crippen LogP contribution in [0.15, 0.2) is 18.2 Å². The SMILES string of the molecule is CC(C)[C@H](NC(=O)C[C@@H]1CCC(=O)N1Cc1cccc(F)c1F)C(=O)[O-].[Li+]. The Balaban J connectivity index is 0.00000364. The Morgan fingerprint density at radius 1 is 1.33 bits per heavy atom. The number of aliphatic carboxylic acids is 1. The molecule has 1 aliphatic heterocycles. The van der Waals surface area contributed by atoms with Gasteiger partial charge in [-0.1, -0.05) is 26.0 Å². The van der Waals surface area contributed by atoms with E-state index in [1.807, 2.05) is 0 Å². The maximum absolute atomic E-state index is 13.9. The molecule has 2 atom stereocenters. The molecule has 0 spiro atoms. The van der Waals surface area contributed by atoms with Crippen LogP contribution in [0.1, 0.15) is 38.7 Å². The Labute approximate surface area is 168 Å². The standard InChI is InChI=1S/C18H22F2N2O4.Li/c1-10(2)17(18(25)26)21-14(23)8-12-6-7-15(24)22(12)9-11-4-3-5-13(19)16(11)20;/h3-5,10,12,17H,6-9H2,1-2H3,(H,21,23)(H,25,26);/q;+1/p-1/t12-,17-;/m0./s1. The van der Waals surface area contributed by atoms with Crippen molar-refractivity contribution in [3.63, 3.8) is 0 Å². The Hall–Kier alpha value is -1.91. The molecule has 2 amide bonds. The normalized spacial score (nSPS) is 17.6. The van der Waals surface area contributed by atoms with Crippen LogP contribution in [0.5, 0.6) is 0 Å². The van der Waals surface area contributed by atoms with E-state index in [0.29, 0.717) is 6.42 Å². The molecule has 1 aromatic carbocycles. The number of nitrogens with one attached hydrogen (secondary N) is 1. The van der Waals surface area contributed by atoms with Gasteiger partial charge in [0.2, 0.25) is 11.8 Å². The molecule has 0 saturated carbocycles. The van der Waals surface area contributed by atoms with Crippen molar-refractivity contribution in [1.82, 2.24) is 10.2 Å². The van der Waals surface area contributed by atoms with Crippen LogP contribution in [0.4, 0.5) is 8.78 Å². The zero-order valence-corrected chi connectivity index (χ0v) is 15.6. The summed E-state index contributed by atoms with van der Waals surface area (Å²) in [7, 11) is 0. The van der Waals surface area contributed by atoms with Crippen molar-refractivity contribution >= 4 is 17.8 Å². The van der Waals surface area contributed by atoms with Gasteiger partial charge < -0.3 is 20.1 Å². The van der Waals surface area contributed by atoms with Gasteiger partial charge in [0, 0.05) is 31.0 Å². The summed E-state index contributed by atoms with van der Waals surface area (Å²) >= 11 is 0. The maximum atomic E-state index is 13.9. The van der Waals surface area contributed by atoms with Crippen LogP contribution in [0.3, 0.4) is 0 Å². The number of hydrogen-bond acceptors (Lipinski definition) is 4. The second-order valence-electron chi connectivity index (χ2n) is 6.74. The number of amides is 2. The van der Waals surface area contributed by atoms with E-state index in [1.165, 1.54) is 17.0 Å². The third-order valence-corrected chi connectivity index (χ3v) is 4.48. The monoisotopic (exact) mass is 374 g/mol. The summed E-state index contributed by atoms with van der Waals surface area (Å²) in [5, 5.41) is 13.5. The molecular formula is C18H21F2LiN2O4. The van der Waals surface area contributed by atoms with E-state index in [2.05, 4.69) is 5.32 Å². The van der Waals surface area contributed by atoms with Gasteiger partial charge in [0.25, 0.3) is 0 Å². The van der Waals surface area contributed by atoms with E-state index in [1.54, 1.807) is 13.8 Å². The summed E-state index contributed by atoms with van der Waals surface area (Å²) in [4.78, 5) is 36.7. The molecule has 6 nitrogen and oxygen atoms in total. The topological polar surface area (TPSA) is 89.5 Å². The minimum atomic E-state index is -1.38. The van der Waals surface area contributed by atoms with Crippen LogP contribution in [0, 0.1) is 17.6 Å². The van der Waals surface area contributed by atoms with Crippen molar-refractivity contribution in [2.75, 3.05) is 0 Å². The smallest absolute Gasteiger partial charge is 0.548 e. The first-order valence-electron chi connectivity index (χ1n) is 8.43. The molecule has 0 unspecified atom stereocenters. The van der Waals surface area contributed by atoms with Gasteiger partial charge in [-0.25, -0.2) is 8.78 Å². The third kappa shape index (κ3) is 5.78. The van der Waals surface area contributed by atoms with Crippen LogP contribution >= 0.6 is 0 Å². The zero-order valence-electron chi connectivity index (χ0n) is 15.6. The minimum Gasteiger partial charge on any atom is -0.548 e. The number of nitrogens with zero attached hydrogens (tertiary/aromatic N) is 1. The number of benzene rings is 1. The Bertz CT molecular complexity index is 715. The minimum absolute atomic E-state index is 0. The first-order chi connectivity index (χ1) is 12.2. The van der Waals surface area contributed by atoms with Gasteiger partial charge in [-0.3, -0.25) is 9.59 Å². The Morgan fingerprint density at radius 3 is 2.59 bits per heavy atom. The van der Waals surface area contributed by atoms with Gasteiger partial charge in [-0.15, -0.1) is 0 Å². The van der Waals surface area contributed by atoms with Crippen molar-refractivity contribution in [3.8, 4) is 0 Å².